The molecule has 0 N–H and O–H groups in total. The average Bonchev–Trinajstić information content (AvgIpc) is 1.88. The monoisotopic (exact) mass is 155 g/mol. The molecular formula is C8H13NS. The first-order valence-electron chi connectivity index (χ1n) is 3.17. The lowest BCUT2D eigenvalue weighted by Gasteiger charge is -1.99. The SMILES string of the molecule is C=CS/N=C\C(=C)C(C)C. The van der Waals surface area contributed by atoms with Gasteiger partial charge in [-0.05, 0) is 16.9 Å². The van der Waals surface area contributed by atoms with Crippen LogP contribution in [0.5, 0.6) is 0 Å². The van der Waals surface area contributed by atoms with Crippen LogP contribution in [0.1, 0.15) is 13.8 Å². The Kier molecular flexibility index (Phi) is 5.03. The summed E-state index contributed by atoms with van der Waals surface area (Å²) in [5.74, 6) is 0.481. The van der Waals surface area contributed by atoms with Gasteiger partial charge in [-0.1, -0.05) is 27.0 Å². The van der Waals surface area contributed by atoms with Crippen LogP contribution in [0.4, 0.5) is 0 Å². The Hall–Kier alpha value is -0.500. The standard InChI is InChI=1S/C8H13NS/c1-5-10-9-6-8(4)7(2)3/h5-7H,1,4H2,2-3H3/b9-6-. The van der Waals surface area contributed by atoms with Crippen LogP contribution in [0.3, 0.4) is 0 Å². The summed E-state index contributed by atoms with van der Waals surface area (Å²) in [5.41, 5.74) is 1.05. The number of hydrogen-bond acceptors (Lipinski definition) is 2. The van der Waals surface area contributed by atoms with Crippen molar-refractivity contribution in [3.05, 3.63) is 24.1 Å². The molecule has 0 unspecified atom stereocenters. The van der Waals surface area contributed by atoms with Crippen LogP contribution in [0, 0.1) is 5.92 Å². The summed E-state index contributed by atoms with van der Waals surface area (Å²) in [7, 11) is 0. The predicted octanol–water partition coefficient (Wildman–Crippen LogP) is 3.06. The van der Waals surface area contributed by atoms with Crippen molar-refractivity contribution in [1.82, 2.24) is 0 Å². The van der Waals surface area contributed by atoms with E-state index in [0.717, 1.165) is 5.57 Å². The Morgan fingerprint density at radius 2 is 2.20 bits per heavy atom. The topological polar surface area (TPSA) is 12.4 Å². The highest BCUT2D eigenvalue weighted by Gasteiger charge is 1.93. The van der Waals surface area contributed by atoms with Crippen LogP contribution in [0.15, 0.2) is 28.5 Å². The molecule has 0 saturated carbocycles. The van der Waals surface area contributed by atoms with Gasteiger partial charge in [-0.3, -0.25) is 0 Å². The molecule has 2 heteroatoms. The highest BCUT2D eigenvalue weighted by atomic mass is 32.2. The van der Waals surface area contributed by atoms with Gasteiger partial charge in [0.1, 0.15) is 0 Å². The normalized spacial score (nSPS) is 10.7. The summed E-state index contributed by atoms with van der Waals surface area (Å²) in [6.07, 6.45) is 1.77. The van der Waals surface area contributed by atoms with Crippen molar-refractivity contribution >= 4 is 18.2 Å². The molecule has 1 nitrogen and oxygen atoms in total. The van der Waals surface area contributed by atoms with E-state index in [9.17, 15) is 0 Å². The molecule has 0 aliphatic heterocycles. The lowest BCUT2D eigenvalue weighted by molar-refractivity contribution is 0.810. The second kappa shape index (κ2) is 5.30. The van der Waals surface area contributed by atoms with E-state index in [-0.39, 0.29) is 0 Å². The third kappa shape index (κ3) is 4.39. The molecular weight excluding hydrogens is 142 g/mol. The van der Waals surface area contributed by atoms with E-state index in [1.807, 2.05) is 0 Å². The molecule has 0 heterocycles. The Balaban J connectivity index is 3.66. The van der Waals surface area contributed by atoms with E-state index in [0.29, 0.717) is 5.92 Å². The molecule has 0 aromatic carbocycles. The molecule has 0 bridgehead atoms. The van der Waals surface area contributed by atoms with E-state index in [1.165, 1.54) is 11.9 Å². The first-order valence-corrected chi connectivity index (χ1v) is 4.01. The van der Waals surface area contributed by atoms with Gasteiger partial charge in [0.15, 0.2) is 0 Å². The first kappa shape index (κ1) is 9.50. The second-order valence-corrected chi connectivity index (χ2v) is 2.99. The minimum Gasteiger partial charge on any atom is -0.220 e. The van der Waals surface area contributed by atoms with Crippen LogP contribution in [0.25, 0.3) is 0 Å². The van der Waals surface area contributed by atoms with Gasteiger partial charge in [0.25, 0.3) is 0 Å². The van der Waals surface area contributed by atoms with Crippen LogP contribution in [-0.2, 0) is 0 Å². The number of allylic oxidation sites excluding steroid dienone is 1. The Morgan fingerprint density at radius 1 is 1.60 bits per heavy atom. The van der Waals surface area contributed by atoms with E-state index in [1.54, 1.807) is 11.6 Å². The molecule has 0 rings (SSSR count). The van der Waals surface area contributed by atoms with Crippen LogP contribution >= 0.6 is 11.9 Å². The van der Waals surface area contributed by atoms with Crippen molar-refractivity contribution in [2.75, 3.05) is 0 Å². The van der Waals surface area contributed by atoms with E-state index < -0.39 is 0 Å². The molecule has 0 aliphatic carbocycles. The minimum atomic E-state index is 0.481. The summed E-state index contributed by atoms with van der Waals surface area (Å²) in [5, 5.41) is 1.68. The van der Waals surface area contributed by atoms with Crippen LogP contribution < -0.4 is 0 Å². The third-order valence-corrected chi connectivity index (χ3v) is 1.47. The van der Waals surface area contributed by atoms with E-state index >= 15 is 0 Å². The zero-order chi connectivity index (χ0) is 7.98. The zero-order valence-electron chi connectivity index (χ0n) is 6.50. The van der Waals surface area contributed by atoms with Gasteiger partial charge in [0.05, 0.1) is 0 Å². The lowest BCUT2D eigenvalue weighted by atomic mass is 10.1. The van der Waals surface area contributed by atoms with Gasteiger partial charge >= 0.3 is 0 Å². The molecule has 0 aromatic heterocycles. The van der Waals surface area contributed by atoms with Gasteiger partial charge in [-0.15, -0.1) is 0 Å². The highest BCUT2D eigenvalue weighted by Crippen LogP contribution is 2.06. The van der Waals surface area contributed by atoms with Crippen molar-refractivity contribution in [2.45, 2.75) is 13.8 Å². The third-order valence-electron chi connectivity index (χ3n) is 1.10. The maximum Gasteiger partial charge on any atom is 0.0384 e. The van der Waals surface area contributed by atoms with E-state index in [4.69, 9.17) is 0 Å². The lowest BCUT2D eigenvalue weighted by Crippen LogP contribution is -1.91. The van der Waals surface area contributed by atoms with Crippen LogP contribution in [-0.4, -0.2) is 6.21 Å². The maximum absolute atomic E-state index is 3.99. The van der Waals surface area contributed by atoms with Crippen LogP contribution in [0.2, 0.25) is 0 Å². The molecule has 0 fully saturated rings. The molecule has 0 aliphatic rings. The quantitative estimate of drug-likeness (QED) is 0.449. The van der Waals surface area contributed by atoms with Gasteiger partial charge in [-0.25, -0.2) is 4.40 Å². The van der Waals surface area contributed by atoms with Crippen molar-refractivity contribution in [2.24, 2.45) is 10.3 Å². The minimum absolute atomic E-state index is 0.481. The number of nitrogens with zero attached hydrogens (tertiary/aromatic N) is 1. The number of hydrogen-bond donors (Lipinski definition) is 0. The van der Waals surface area contributed by atoms with Gasteiger partial charge in [0.2, 0.25) is 0 Å². The summed E-state index contributed by atoms with van der Waals surface area (Å²) < 4.78 is 3.99. The molecule has 0 amide bonds. The maximum atomic E-state index is 3.99. The summed E-state index contributed by atoms with van der Waals surface area (Å²) in [6.45, 7) is 11.5. The van der Waals surface area contributed by atoms with Crippen molar-refractivity contribution in [3.8, 4) is 0 Å². The first-order chi connectivity index (χ1) is 4.68. The van der Waals surface area contributed by atoms with Crippen molar-refractivity contribution in [3.63, 3.8) is 0 Å². The molecule has 0 spiro atoms. The molecule has 0 radical (unpaired) electrons. The van der Waals surface area contributed by atoms with Crippen molar-refractivity contribution in [1.29, 1.82) is 0 Å². The summed E-state index contributed by atoms with van der Waals surface area (Å²) in [4.78, 5) is 0. The van der Waals surface area contributed by atoms with E-state index in [2.05, 4.69) is 31.4 Å². The Labute approximate surface area is 67.1 Å². The molecule has 10 heavy (non-hydrogen) atoms. The molecule has 0 saturated heterocycles. The predicted molar refractivity (Wildman–Crippen MR) is 50.3 cm³/mol. The van der Waals surface area contributed by atoms with Crippen molar-refractivity contribution < 1.29 is 0 Å². The smallest absolute Gasteiger partial charge is 0.0384 e. The Morgan fingerprint density at radius 3 is 2.60 bits per heavy atom. The highest BCUT2D eigenvalue weighted by molar-refractivity contribution is 8.00. The van der Waals surface area contributed by atoms with Gasteiger partial charge in [-0.2, -0.15) is 0 Å². The fourth-order valence-electron chi connectivity index (χ4n) is 0.290. The average molecular weight is 155 g/mol. The molecule has 56 valence electrons. The summed E-state index contributed by atoms with van der Waals surface area (Å²) in [6, 6.07) is 0. The summed E-state index contributed by atoms with van der Waals surface area (Å²) >= 11 is 1.33. The van der Waals surface area contributed by atoms with Gasteiger partial charge < -0.3 is 0 Å². The Bertz CT molecular complexity index is 147. The second-order valence-electron chi connectivity index (χ2n) is 2.24. The molecule has 0 aromatic rings. The largest absolute Gasteiger partial charge is 0.220 e. The fraction of sp³-hybridized carbons (Fsp3) is 0.375. The van der Waals surface area contributed by atoms with Gasteiger partial charge in [0, 0.05) is 18.2 Å². The molecule has 0 atom stereocenters. The zero-order valence-corrected chi connectivity index (χ0v) is 7.32. The fourth-order valence-corrected chi connectivity index (χ4v) is 0.573. The number of rotatable bonds is 4.